The van der Waals surface area contributed by atoms with Gasteiger partial charge in [0.25, 0.3) is 0 Å². The highest BCUT2D eigenvalue weighted by molar-refractivity contribution is 14.1. The summed E-state index contributed by atoms with van der Waals surface area (Å²) in [6.07, 6.45) is 2.92. The maximum atomic E-state index is 11.9. The van der Waals surface area contributed by atoms with Crippen molar-refractivity contribution in [1.29, 1.82) is 0 Å². The SMILES string of the molecule is CCOc1ccc(C2=CCC(I)C(=O)N2C)cc1. The van der Waals surface area contributed by atoms with Gasteiger partial charge in [-0.3, -0.25) is 4.79 Å². The molecule has 1 aliphatic rings. The minimum atomic E-state index is 0.0547. The number of halogens is 1. The average Bonchev–Trinajstić information content (AvgIpc) is 2.38. The van der Waals surface area contributed by atoms with Crippen molar-refractivity contribution >= 4 is 34.2 Å². The molecule has 1 amide bonds. The van der Waals surface area contributed by atoms with E-state index in [0.29, 0.717) is 6.61 Å². The highest BCUT2D eigenvalue weighted by Crippen LogP contribution is 2.28. The summed E-state index contributed by atoms with van der Waals surface area (Å²) in [7, 11) is 1.83. The molecule has 18 heavy (non-hydrogen) atoms. The summed E-state index contributed by atoms with van der Waals surface area (Å²) >= 11 is 2.19. The summed E-state index contributed by atoms with van der Waals surface area (Å²) in [5.41, 5.74) is 2.04. The molecule has 0 radical (unpaired) electrons. The van der Waals surface area contributed by atoms with Crippen molar-refractivity contribution in [2.45, 2.75) is 17.3 Å². The molecule has 1 heterocycles. The van der Waals surface area contributed by atoms with Crippen LogP contribution in [0.2, 0.25) is 0 Å². The fourth-order valence-electron chi connectivity index (χ4n) is 1.98. The van der Waals surface area contributed by atoms with E-state index in [1.165, 1.54) is 0 Å². The molecule has 4 heteroatoms. The Morgan fingerprint density at radius 2 is 2.06 bits per heavy atom. The molecular formula is C14H16INO2. The van der Waals surface area contributed by atoms with Crippen LogP contribution in [0.15, 0.2) is 30.3 Å². The van der Waals surface area contributed by atoms with Crippen molar-refractivity contribution in [1.82, 2.24) is 4.90 Å². The zero-order valence-corrected chi connectivity index (χ0v) is 12.7. The van der Waals surface area contributed by atoms with Gasteiger partial charge in [-0.05, 0) is 43.2 Å². The van der Waals surface area contributed by atoms with Crippen LogP contribution < -0.4 is 4.74 Å². The van der Waals surface area contributed by atoms with Gasteiger partial charge < -0.3 is 9.64 Å². The monoisotopic (exact) mass is 357 g/mol. The molecule has 0 aromatic heterocycles. The van der Waals surface area contributed by atoms with Gasteiger partial charge in [0.2, 0.25) is 5.91 Å². The molecule has 1 atom stereocenters. The van der Waals surface area contributed by atoms with Gasteiger partial charge in [0.1, 0.15) is 5.75 Å². The summed E-state index contributed by atoms with van der Waals surface area (Å²) in [4.78, 5) is 13.7. The third-order valence-corrected chi connectivity index (χ3v) is 3.98. The lowest BCUT2D eigenvalue weighted by Gasteiger charge is -2.27. The van der Waals surface area contributed by atoms with Gasteiger partial charge in [-0.25, -0.2) is 0 Å². The van der Waals surface area contributed by atoms with Gasteiger partial charge in [0, 0.05) is 12.7 Å². The Morgan fingerprint density at radius 3 is 2.67 bits per heavy atom. The van der Waals surface area contributed by atoms with E-state index in [4.69, 9.17) is 4.74 Å². The first kappa shape index (κ1) is 13.4. The largest absolute Gasteiger partial charge is 0.494 e. The van der Waals surface area contributed by atoms with Crippen molar-refractivity contribution in [2.75, 3.05) is 13.7 Å². The predicted molar refractivity (Wildman–Crippen MR) is 80.8 cm³/mol. The molecule has 0 saturated carbocycles. The first-order valence-electron chi connectivity index (χ1n) is 5.98. The zero-order chi connectivity index (χ0) is 13.1. The molecule has 0 aliphatic carbocycles. The van der Waals surface area contributed by atoms with Crippen LogP contribution in [-0.4, -0.2) is 28.4 Å². The molecule has 2 rings (SSSR count). The van der Waals surface area contributed by atoms with E-state index in [1.54, 1.807) is 4.90 Å². The smallest absolute Gasteiger partial charge is 0.240 e. The number of hydrogen-bond donors (Lipinski definition) is 0. The lowest BCUT2D eigenvalue weighted by molar-refractivity contribution is -0.126. The van der Waals surface area contributed by atoms with Crippen molar-refractivity contribution in [3.63, 3.8) is 0 Å². The van der Waals surface area contributed by atoms with E-state index in [9.17, 15) is 4.79 Å². The normalized spacial score (nSPS) is 19.7. The van der Waals surface area contributed by atoms with Crippen LogP contribution in [0.4, 0.5) is 0 Å². The Balaban J connectivity index is 2.23. The number of nitrogens with zero attached hydrogens (tertiary/aromatic N) is 1. The van der Waals surface area contributed by atoms with Gasteiger partial charge >= 0.3 is 0 Å². The van der Waals surface area contributed by atoms with Crippen LogP contribution in [0.3, 0.4) is 0 Å². The van der Waals surface area contributed by atoms with Crippen molar-refractivity contribution in [3.05, 3.63) is 35.9 Å². The number of hydrogen-bond acceptors (Lipinski definition) is 2. The molecule has 0 saturated heterocycles. The van der Waals surface area contributed by atoms with Crippen molar-refractivity contribution in [3.8, 4) is 5.75 Å². The first-order valence-corrected chi connectivity index (χ1v) is 7.23. The average molecular weight is 357 g/mol. The number of carbonyl (C=O) groups excluding carboxylic acids is 1. The van der Waals surface area contributed by atoms with Gasteiger partial charge in [0.05, 0.1) is 10.5 Å². The second kappa shape index (κ2) is 5.73. The number of ether oxygens (including phenoxy) is 1. The van der Waals surface area contributed by atoms with Crippen LogP contribution in [0.5, 0.6) is 5.75 Å². The Bertz CT molecular complexity index is 467. The van der Waals surface area contributed by atoms with Crippen LogP contribution in [0.1, 0.15) is 18.9 Å². The molecule has 1 unspecified atom stereocenters. The number of amides is 1. The second-order valence-electron chi connectivity index (χ2n) is 4.15. The van der Waals surface area contributed by atoms with E-state index < -0.39 is 0 Å². The van der Waals surface area contributed by atoms with E-state index in [2.05, 4.69) is 28.7 Å². The molecule has 0 spiro atoms. The minimum Gasteiger partial charge on any atom is -0.494 e. The molecule has 3 nitrogen and oxygen atoms in total. The highest BCUT2D eigenvalue weighted by Gasteiger charge is 2.26. The predicted octanol–water partition coefficient (Wildman–Crippen LogP) is 3.09. The van der Waals surface area contributed by atoms with Crippen LogP contribution in [-0.2, 0) is 4.79 Å². The molecule has 0 fully saturated rings. The number of benzene rings is 1. The molecule has 1 aromatic carbocycles. The Labute approximate surface area is 121 Å². The number of allylic oxidation sites excluding steroid dienone is 1. The van der Waals surface area contributed by atoms with Gasteiger partial charge in [-0.1, -0.05) is 28.7 Å². The lowest BCUT2D eigenvalue weighted by atomic mass is 10.1. The fourth-order valence-corrected chi connectivity index (χ4v) is 2.65. The van der Waals surface area contributed by atoms with Crippen molar-refractivity contribution in [2.24, 2.45) is 0 Å². The summed E-state index contributed by atoms with van der Waals surface area (Å²) in [5.74, 6) is 1.03. The third kappa shape index (κ3) is 2.68. The van der Waals surface area contributed by atoms with Gasteiger partial charge in [-0.15, -0.1) is 0 Å². The highest BCUT2D eigenvalue weighted by atomic mass is 127. The van der Waals surface area contributed by atoms with E-state index >= 15 is 0 Å². The molecule has 96 valence electrons. The molecule has 1 aromatic rings. The van der Waals surface area contributed by atoms with Gasteiger partial charge in [-0.2, -0.15) is 0 Å². The van der Waals surface area contributed by atoms with Gasteiger partial charge in [0.15, 0.2) is 0 Å². The van der Waals surface area contributed by atoms with E-state index in [-0.39, 0.29) is 9.83 Å². The molecule has 1 aliphatic heterocycles. The zero-order valence-electron chi connectivity index (χ0n) is 10.5. The van der Waals surface area contributed by atoms with Crippen molar-refractivity contribution < 1.29 is 9.53 Å². The van der Waals surface area contributed by atoms with Crippen LogP contribution >= 0.6 is 22.6 Å². The summed E-state index contributed by atoms with van der Waals surface area (Å²) < 4.78 is 5.47. The Hall–Kier alpha value is -1.04. The number of rotatable bonds is 3. The molecular weight excluding hydrogens is 341 g/mol. The maximum Gasteiger partial charge on any atom is 0.240 e. The van der Waals surface area contributed by atoms with Crippen LogP contribution in [0.25, 0.3) is 5.70 Å². The molecule has 0 N–H and O–H groups in total. The third-order valence-electron chi connectivity index (χ3n) is 2.94. The molecule has 0 bridgehead atoms. The van der Waals surface area contributed by atoms with E-state index in [1.807, 2.05) is 38.2 Å². The quantitative estimate of drug-likeness (QED) is 0.615. The van der Waals surface area contributed by atoms with Crippen LogP contribution in [0, 0.1) is 0 Å². The maximum absolute atomic E-state index is 11.9. The summed E-state index contributed by atoms with van der Waals surface area (Å²) in [5, 5.41) is 0. The standard InChI is InChI=1S/C14H16INO2/c1-3-18-11-6-4-10(5-7-11)13-9-8-12(15)14(17)16(13)2/h4-7,9,12H,3,8H2,1-2H3. The Morgan fingerprint density at radius 1 is 1.39 bits per heavy atom. The number of alkyl halides is 1. The Kier molecular flexibility index (Phi) is 4.27. The second-order valence-corrected chi connectivity index (χ2v) is 5.65. The lowest BCUT2D eigenvalue weighted by Crippen LogP contribution is -2.35. The fraction of sp³-hybridized carbons (Fsp3) is 0.357. The van der Waals surface area contributed by atoms with E-state index in [0.717, 1.165) is 23.4 Å². The summed E-state index contributed by atoms with van der Waals surface area (Å²) in [6, 6.07) is 7.87. The summed E-state index contributed by atoms with van der Waals surface area (Å²) in [6.45, 7) is 2.63. The minimum absolute atomic E-state index is 0.0547. The number of carbonyl (C=O) groups is 1. The first-order chi connectivity index (χ1) is 8.63. The topological polar surface area (TPSA) is 29.5 Å².